The molecule has 0 radical (unpaired) electrons. The van der Waals surface area contributed by atoms with Gasteiger partial charge >= 0.3 is 0 Å². The third-order valence-corrected chi connectivity index (χ3v) is 4.43. The van der Waals surface area contributed by atoms with Gasteiger partial charge in [-0.25, -0.2) is 0 Å². The highest BCUT2D eigenvalue weighted by atomic mass is 16.3. The molecule has 2 N–H and O–H groups in total. The number of piperazine rings is 1. The highest BCUT2D eigenvalue weighted by Gasteiger charge is 2.20. The van der Waals surface area contributed by atoms with E-state index in [0.717, 1.165) is 44.7 Å². The van der Waals surface area contributed by atoms with Crippen molar-refractivity contribution in [1.82, 2.24) is 9.80 Å². The molecule has 0 bridgehead atoms. The van der Waals surface area contributed by atoms with E-state index in [1.165, 1.54) is 5.56 Å². The Bertz CT molecular complexity index is 451. The Balaban J connectivity index is 1.79. The Morgan fingerprint density at radius 3 is 1.87 bits per heavy atom. The van der Waals surface area contributed by atoms with Crippen LogP contribution in [0.5, 0.6) is 0 Å². The summed E-state index contributed by atoms with van der Waals surface area (Å²) in [6.07, 6.45) is 0.393. The van der Waals surface area contributed by atoms with Gasteiger partial charge in [-0.1, -0.05) is 38.1 Å². The highest BCUT2D eigenvalue weighted by Crippen LogP contribution is 2.17. The first-order valence-corrected chi connectivity index (χ1v) is 8.83. The van der Waals surface area contributed by atoms with E-state index < -0.39 is 6.10 Å². The molecule has 4 heteroatoms. The van der Waals surface area contributed by atoms with Crippen LogP contribution in [0.3, 0.4) is 0 Å². The predicted molar refractivity (Wildman–Crippen MR) is 94.5 cm³/mol. The first-order chi connectivity index (χ1) is 10.9. The second-order valence-corrected chi connectivity index (χ2v) is 7.31. The summed E-state index contributed by atoms with van der Waals surface area (Å²) in [6.45, 7) is 11.5. The van der Waals surface area contributed by atoms with Crippen molar-refractivity contribution in [2.75, 3.05) is 39.3 Å². The summed E-state index contributed by atoms with van der Waals surface area (Å²) < 4.78 is 0. The number of hydrogen-bond acceptors (Lipinski definition) is 4. The van der Waals surface area contributed by atoms with Crippen molar-refractivity contribution in [3.05, 3.63) is 35.4 Å². The molecule has 1 heterocycles. The fourth-order valence-electron chi connectivity index (χ4n) is 3.23. The quantitative estimate of drug-likeness (QED) is 0.806. The molecule has 0 unspecified atom stereocenters. The summed E-state index contributed by atoms with van der Waals surface area (Å²) in [4.78, 5) is 4.60. The molecule has 2 atom stereocenters. The molecule has 1 aromatic rings. The standard InChI is InChI=1S/C19H32N2O2/c1-15(2)12-17-4-6-18(7-5-17)19(23)14-21-10-8-20(9-11-21)13-16(3)22/h4-7,15-16,19,22-23H,8-14H2,1-3H3/t16-,19+/m1/s1. The monoisotopic (exact) mass is 320 g/mol. The van der Waals surface area contributed by atoms with Crippen LogP contribution >= 0.6 is 0 Å². The molecule has 130 valence electrons. The van der Waals surface area contributed by atoms with Gasteiger partial charge in [0.1, 0.15) is 0 Å². The van der Waals surface area contributed by atoms with Crippen LogP contribution in [0.15, 0.2) is 24.3 Å². The van der Waals surface area contributed by atoms with E-state index >= 15 is 0 Å². The van der Waals surface area contributed by atoms with Crippen molar-refractivity contribution < 1.29 is 10.2 Å². The molecule has 1 saturated heterocycles. The van der Waals surface area contributed by atoms with Gasteiger partial charge in [0.2, 0.25) is 0 Å². The van der Waals surface area contributed by atoms with E-state index in [9.17, 15) is 10.2 Å². The van der Waals surface area contributed by atoms with Crippen LogP contribution in [0.1, 0.15) is 38.0 Å². The Hall–Kier alpha value is -0.940. The molecule has 1 aromatic carbocycles. The largest absolute Gasteiger partial charge is 0.392 e. The van der Waals surface area contributed by atoms with Crippen LogP contribution in [0.4, 0.5) is 0 Å². The van der Waals surface area contributed by atoms with E-state index in [0.29, 0.717) is 12.5 Å². The molecule has 0 saturated carbocycles. The van der Waals surface area contributed by atoms with Crippen molar-refractivity contribution >= 4 is 0 Å². The van der Waals surface area contributed by atoms with Crippen LogP contribution in [-0.4, -0.2) is 65.4 Å². The first-order valence-electron chi connectivity index (χ1n) is 8.83. The van der Waals surface area contributed by atoms with Gasteiger partial charge in [0, 0.05) is 39.3 Å². The number of hydrogen-bond donors (Lipinski definition) is 2. The zero-order valence-electron chi connectivity index (χ0n) is 14.8. The molecule has 0 spiro atoms. The van der Waals surface area contributed by atoms with Crippen LogP contribution in [0.25, 0.3) is 0 Å². The second-order valence-electron chi connectivity index (χ2n) is 7.31. The molecule has 0 aromatic heterocycles. The molecule has 1 aliphatic heterocycles. The predicted octanol–water partition coefficient (Wildman–Crippen LogP) is 1.92. The smallest absolute Gasteiger partial charge is 0.0916 e. The van der Waals surface area contributed by atoms with Gasteiger partial charge in [0.15, 0.2) is 0 Å². The summed E-state index contributed by atoms with van der Waals surface area (Å²) in [5.74, 6) is 0.656. The van der Waals surface area contributed by atoms with E-state index in [1.807, 2.05) is 6.92 Å². The van der Waals surface area contributed by atoms with Crippen LogP contribution in [0.2, 0.25) is 0 Å². The zero-order chi connectivity index (χ0) is 16.8. The summed E-state index contributed by atoms with van der Waals surface area (Å²) in [7, 11) is 0. The molecule has 0 aliphatic carbocycles. The number of rotatable bonds is 7. The fourth-order valence-corrected chi connectivity index (χ4v) is 3.23. The van der Waals surface area contributed by atoms with Crippen molar-refractivity contribution in [2.24, 2.45) is 5.92 Å². The lowest BCUT2D eigenvalue weighted by Gasteiger charge is -2.36. The van der Waals surface area contributed by atoms with Crippen molar-refractivity contribution in [3.63, 3.8) is 0 Å². The Kier molecular flexibility index (Phi) is 7.03. The number of aliphatic hydroxyl groups is 2. The molecule has 1 aliphatic rings. The molecule has 1 fully saturated rings. The number of benzene rings is 1. The fraction of sp³-hybridized carbons (Fsp3) is 0.684. The van der Waals surface area contributed by atoms with Gasteiger partial charge in [-0.3, -0.25) is 9.80 Å². The normalized spacial score (nSPS) is 19.9. The zero-order valence-corrected chi connectivity index (χ0v) is 14.8. The SMILES string of the molecule is CC(C)Cc1ccc([C@@H](O)CN2CCN(C[C@@H](C)O)CC2)cc1. The maximum atomic E-state index is 10.5. The minimum absolute atomic E-state index is 0.267. The van der Waals surface area contributed by atoms with E-state index in [-0.39, 0.29) is 6.10 Å². The molecule has 0 amide bonds. The van der Waals surface area contributed by atoms with E-state index in [2.05, 4.69) is 47.9 Å². The summed E-state index contributed by atoms with van der Waals surface area (Å²) >= 11 is 0. The highest BCUT2D eigenvalue weighted by molar-refractivity contribution is 5.24. The minimum Gasteiger partial charge on any atom is -0.392 e. The van der Waals surface area contributed by atoms with Gasteiger partial charge in [-0.05, 0) is 30.4 Å². The van der Waals surface area contributed by atoms with Gasteiger partial charge < -0.3 is 10.2 Å². The molecule has 2 rings (SSSR count). The third kappa shape index (κ3) is 6.22. The molecule has 23 heavy (non-hydrogen) atoms. The number of nitrogens with zero attached hydrogens (tertiary/aromatic N) is 2. The summed E-state index contributed by atoms with van der Waals surface area (Å²) in [5, 5.41) is 19.9. The van der Waals surface area contributed by atoms with Gasteiger partial charge in [-0.15, -0.1) is 0 Å². The van der Waals surface area contributed by atoms with Crippen LogP contribution in [-0.2, 0) is 6.42 Å². The number of aliphatic hydroxyl groups excluding tert-OH is 2. The molecular formula is C19H32N2O2. The molecule has 4 nitrogen and oxygen atoms in total. The van der Waals surface area contributed by atoms with Crippen molar-refractivity contribution in [1.29, 1.82) is 0 Å². The lowest BCUT2D eigenvalue weighted by atomic mass is 10.00. The number of β-amino-alcohol motifs (C(OH)–C–C–N with tert-alkyl or cyclic N) is 2. The van der Waals surface area contributed by atoms with E-state index in [4.69, 9.17) is 0 Å². The van der Waals surface area contributed by atoms with Crippen molar-refractivity contribution in [3.8, 4) is 0 Å². The Morgan fingerprint density at radius 1 is 0.870 bits per heavy atom. The third-order valence-electron chi connectivity index (χ3n) is 4.43. The van der Waals surface area contributed by atoms with Gasteiger partial charge in [-0.2, -0.15) is 0 Å². The van der Waals surface area contributed by atoms with Gasteiger partial charge in [0.05, 0.1) is 12.2 Å². The van der Waals surface area contributed by atoms with Gasteiger partial charge in [0.25, 0.3) is 0 Å². The Morgan fingerprint density at radius 2 is 1.39 bits per heavy atom. The summed E-state index contributed by atoms with van der Waals surface area (Å²) in [6, 6.07) is 8.40. The van der Waals surface area contributed by atoms with Crippen molar-refractivity contribution in [2.45, 2.75) is 39.4 Å². The first kappa shape index (κ1) is 18.4. The average Bonchev–Trinajstić information content (AvgIpc) is 2.49. The van der Waals surface area contributed by atoms with E-state index in [1.54, 1.807) is 0 Å². The van der Waals surface area contributed by atoms with Crippen LogP contribution < -0.4 is 0 Å². The van der Waals surface area contributed by atoms with Crippen LogP contribution in [0, 0.1) is 5.92 Å². The average molecular weight is 320 g/mol. The topological polar surface area (TPSA) is 46.9 Å². The maximum absolute atomic E-state index is 10.5. The molecular weight excluding hydrogens is 288 g/mol. The maximum Gasteiger partial charge on any atom is 0.0916 e. The lowest BCUT2D eigenvalue weighted by molar-refractivity contribution is 0.0526. The minimum atomic E-state index is -0.425. The lowest BCUT2D eigenvalue weighted by Crippen LogP contribution is -2.49. The summed E-state index contributed by atoms with van der Waals surface area (Å²) in [5.41, 5.74) is 2.34. The second kappa shape index (κ2) is 8.78. The Labute approximate surface area is 140 Å².